The van der Waals surface area contributed by atoms with Crippen LogP contribution in [0.5, 0.6) is 0 Å². The first-order valence-corrected chi connectivity index (χ1v) is 5.65. The van der Waals surface area contributed by atoms with E-state index in [9.17, 15) is 4.79 Å². The van der Waals surface area contributed by atoms with E-state index in [2.05, 4.69) is 4.98 Å². The zero-order chi connectivity index (χ0) is 12.4. The molecule has 0 unspecified atom stereocenters. The first-order chi connectivity index (χ1) is 8.20. The molecule has 2 aromatic rings. The van der Waals surface area contributed by atoms with E-state index in [1.165, 1.54) is 4.57 Å². The van der Waals surface area contributed by atoms with Gasteiger partial charge in [-0.1, -0.05) is 18.5 Å². The number of halogens is 1. The summed E-state index contributed by atoms with van der Waals surface area (Å²) in [6.45, 7) is 2.49. The van der Waals surface area contributed by atoms with Gasteiger partial charge in [-0.3, -0.25) is 9.36 Å². The van der Waals surface area contributed by atoms with Crippen molar-refractivity contribution in [1.29, 1.82) is 5.26 Å². The maximum absolute atomic E-state index is 12.0. The average Bonchev–Trinajstić information content (AvgIpc) is 2.35. The fourth-order valence-corrected chi connectivity index (χ4v) is 2.04. The summed E-state index contributed by atoms with van der Waals surface area (Å²) in [5.41, 5.74) is 0.148. The Hall–Kier alpha value is -1.86. The summed E-state index contributed by atoms with van der Waals surface area (Å²) in [6, 6.07) is 5.35. The van der Waals surface area contributed by atoms with Crippen molar-refractivity contribution in [2.24, 2.45) is 0 Å². The van der Waals surface area contributed by atoms with Gasteiger partial charge in [0.2, 0.25) is 0 Å². The van der Waals surface area contributed by atoms with Gasteiger partial charge in [0.15, 0.2) is 0 Å². The van der Waals surface area contributed by atoms with Crippen molar-refractivity contribution in [3.05, 3.63) is 39.3 Å². The van der Waals surface area contributed by atoms with Gasteiger partial charge in [-0.25, -0.2) is 4.98 Å². The van der Waals surface area contributed by atoms with Gasteiger partial charge in [0.25, 0.3) is 5.56 Å². The Morgan fingerprint density at radius 2 is 2.35 bits per heavy atom. The van der Waals surface area contributed by atoms with E-state index in [1.54, 1.807) is 18.3 Å². The van der Waals surface area contributed by atoms with Crippen LogP contribution >= 0.6 is 11.6 Å². The highest BCUT2D eigenvalue weighted by atomic mass is 35.5. The molecular formula is C12H10ClN3O. The molecule has 0 aliphatic carbocycles. The summed E-state index contributed by atoms with van der Waals surface area (Å²) in [7, 11) is 0. The van der Waals surface area contributed by atoms with Crippen LogP contribution in [0.3, 0.4) is 0 Å². The summed E-state index contributed by atoms with van der Waals surface area (Å²) < 4.78 is 1.50. The molecule has 0 N–H and O–H groups in total. The SMILES string of the molecule is CCCn1c(=O)c(C#N)c(Cl)c2cccnc21. The number of aromatic nitrogens is 2. The second kappa shape index (κ2) is 4.56. The summed E-state index contributed by atoms with van der Waals surface area (Å²) in [5, 5.41) is 9.81. The molecule has 17 heavy (non-hydrogen) atoms. The van der Waals surface area contributed by atoms with Crippen molar-refractivity contribution in [3.63, 3.8) is 0 Å². The number of aryl methyl sites for hydroxylation is 1. The lowest BCUT2D eigenvalue weighted by molar-refractivity contribution is 0.670. The standard InChI is InChI=1S/C12H10ClN3O/c1-2-6-16-11-8(4-3-5-15-11)10(13)9(7-14)12(16)17/h3-5H,2,6H2,1H3. The Bertz CT molecular complexity index is 670. The lowest BCUT2D eigenvalue weighted by Crippen LogP contribution is -2.24. The molecule has 2 heterocycles. The second-order valence-electron chi connectivity index (χ2n) is 3.63. The molecular weight excluding hydrogens is 238 g/mol. The van der Waals surface area contributed by atoms with E-state index in [4.69, 9.17) is 16.9 Å². The first kappa shape index (κ1) is 11.6. The minimum absolute atomic E-state index is 0.0133. The first-order valence-electron chi connectivity index (χ1n) is 5.27. The van der Waals surface area contributed by atoms with E-state index in [0.29, 0.717) is 17.6 Å². The van der Waals surface area contributed by atoms with Crippen LogP contribution in [0.25, 0.3) is 11.0 Å². The number of pyridine rings is 2. The van der Waals surface area contributed by atoms with Crippen molar-refractivity contribution in [1.82, 2.24) is 9.55 Å². The lowest BCUT2D eigenvalue weighted by Gasteiger charge is -2.10. The number of nitrogens with zero attached hydrogens (tertiary/aromatic N) is 3. The van der Waals surface area contributed by atoms with E-state index in [1.807, 2.05) is 13.0 Å². The molecule has 0 aliphatic rings. The van der Waals surface area contributed by atoms with Crippen molar-refractivity contribution >= 4 is 22.6 Å². The van der Waals surface area contributed by atoms with Crippen molar-refractivity contribution in [2.75, 3.05) is 0 Å². The molecule has 86 valence electrons. The van der Waals surface area contributed by atoms with Crippen molar-refractivity contribution in [2.45, 2.75) is 19.9 Å². The Morgan fingerprint density at radius 3 is 3.00 bits per heavy atom. The van der Waals surface area contributed by atoms with Crippen LogP contribution in [0.4, 0.5) is 0 Å². The summed E-state index contributed by atoms with van der Waals surface area (Å²) in [5.74, 6) is 0. The maximum atomic E-state index is 12.0. The molecule has 0 aromatic carbocycles. The van der Waals surface area contributed by atoms with Crippen molar-refractivity contribution < 1.29 is 0 Å². The molecule has 5 heteroatoms. The lowest BCUT2D eigenvalue weighted by atomic mass is 10.2. The van der Waals surface area contributed by atoms with Gasteiger partial charge >= 0.3 is 0 Å². The zero-order valence-electron chi connectivity index (χ0n) is 9.27. The fourth-order valence-electron chi connectivity index (χ4n) is 1.77. The highest BCUT2D eigenvalue weighted by Gasteiger charge is 2.15. The molecule has 0 radical (unpaired) electrons. The Kier molecular flexibility index (Phi) is 3.12. The van der Waals surface area contributed by atoms with Gasteiger partial charge in [0, 0.05) is 18.1 Å². The van der Waals surface area contributed by atoms with Gasteiger partial charge in [0.05, 0.1) is 5.02 Å². The molecule has 2 aromatic heterocycles. The van der Waals surface area contributed by atoms with Crippen LogP contribution in [0.2, 0.25) is 5.02 Å². The smallest absolute Gasteiger partial charge is 0.271 e. The Morgan fingerprint density at radius 1 is 1.59 bits per heavy atom. The molecule has 0 fully saturated rings. The quantitative estimate of drug-likeness (QED) is 0.818. The molecule has 4 nitrogen and oxygen atoms in total. The molecule has 0 saturated carbocycles. The zero-order valence-corrected chi connectivity index (χ0v) is 10.0. The summed E-state index contributed by atoms with van der Waals surface area (Å²) >= 11 is 6.04. The normalized spacial score (nSPS) is 10.4. The van der Waals surface area contributed by atoms with Crippen molar-refractivity contribution in [3.8, 4) is 6.07 Å². The van der Waals surface area contributed by atoms with Gasteiger partial charge in [-0.05, 0) is 18.6 Å². The van der Waals surface area contributed by atoms with Gasteiger partial charge in [-0.15, -0.1) is 0 Å². The summed E-state index contributed by atoms with van der Waals surface area (Å²) in [4.78, 5) is 16.2. The van der Waals surface area contributed by atoms with E-state index >= 15 is 0 Å². The predicted molar refractivity (Wildman–Crippen MR) is 66.0 cm³/mol. The number of rotatable bonds is 2. The topological polar surface area (TPSA) is 58.7 Å². The van der Waals surface area contributed by atoms with Crippen LogP contribution in [-0.4, -0.2) is 9.55 Å². The van der Waals surface area contributed by atoms with Gasteiger partial charge in [-0.2, -0.15) is 5.26 Å². The van der Waals surface area contributed by atoms with E-state index < -0.39 is 0 Å². The largest absolute Gasteiger partial charge is 0.291 e. The fraction of sp³-hybridized carbons (Fsp3) is 0.250. The van der Waals surface area contributed by atoms with Crippen LogP contribution < -0.4 is 5.56 Å². The minimum atomic E-state index is -0.370. The van der Waals surface area contributed by atoms with E-state index in [0.717, 1.165) is 6.42 Å². The van der Waals surface area contributed by atoms with Crippen LogP contribution in [-0.2, 0) is 6.54 Å². The van der Waals surface area contributed by atoms with Gasteiger partial charge in [0.1, 0.15) is 17.3 Å². The Balaban J connectivity index is 2.97. The molecule has 0 saturated heterocycles. The molecule has 2 rings (SSSR count). The molecule has 0 atom stereocenters. The summed E-state index contributed by atoms with van der Waals surface area (Å²) in [6.07, 6.45) is 2.40. The number of fused-ring (bicyclic) bond motifs is 1. The number of hydrogen-bond acceptors (Lipinski definition) is 3. The minimum Gasteiger partial charge on any atom is -0.291 e. The number of nitriles is 1. The molecule has 0 bridgehead atoms. The number of hydrogen-bond donors (Lipinski definition) is 0. The molecule has 0 aliphatic heterocycles. The maximum Gasteiger partial charge on any atom is 0.271 e. The highest BCUT2D eigenvalue weighted by molar-refractivity contribution is 6.36. The monoisotopic (exact) mass is 247 g/mol. The third kappa shape index (κ3) is 1.79. The Labute approximate surface area is 103 Å². The predicted octanol–water partition coefficient (Wildman–Crippen LogP) is 2.33. The highest BCUT2D eigenvalue weighted by Crippen LogP contribution is 2.23. The molecule has 0 spiro atoms. The van der Waals surface area contributed by atoms with Gasteiger partial charge < -0.3 is 0 Å². The third-order valence-electron chi connectivity index (χ3n) is 2.52. The van der Waals surface area contributed by atoms with Crippen LogP contribution in [0.15, 0.2) is 23.1 Å². The third-order valence-corrected chi connectivity index (χ3v) is 2.91. The van der Waals surface area contributed by atoms with Crippen LogP contribution in [0.1, 0.15) is 18.9 Å². The van der Waals surface area contributed by atoms with Crippen LogP contribution in [0, 0.1) is 11.3 Å². The average molecular weight is 248 g/mol. The molecule has 0 amide bonds. The second-order valence-corrected chi connectivity index (χ2v) is 4.01. The van der Waals surface area contributed by atoms with E-state index in [-0.39, 0.29) is 16.1 Å².